The van der Waals surface area contributed by atoms with E-state index in [1.807, 2.05) is 30.3 Å². The summed E-state index contributed by atoms with van der Waals surface area (Å²) < 4.78 is 22.1. The Morgan fingerprint density at radius 3 is 2.39 bits per heavy atom. The number of nitrogens with zero attached hydrogens (tertiary/aromatic N) is 1. The maximum Gasteiger partial charge on any atom is 0.266 e. The number of anilines is 1. The molecule has 3 aromatic rings. The zero-order valence-corrected chi connectivity index (χ0v) is 21.2. The van der Waals surface area contributed by atoms with Gasteiger partial charge in [0.05, 0.1) is 14.6 Å². The number of carbonyl (C=O) groups excluding carboxylic acids is 1. The molecule has 0 spiro atoms. The standard InChI is InChI=1S/C23H14Br2FIN2O2/c24-18-10-15(9-16(12-28)23(30)29-21-4-2-1-3-20(21)26)11-19(25)22(18)31-13-14-5-7-17(27)8-6-14/h1-11H,13H2,(H,29,30)/b16-9-. The van der Waals surface area contributed by atoms with Crippen molar-refractivity contribution in [3.63, 3.8) is 0 Å². The molecule has 0 aliphatic rings. The fourth-order valence-electron chi connectivity index (χ4n) is 2.60. The van der Waals surface area contributed by atoms with Crippen LogP contribution in [0.4, 0.5) is 10.1 Å². The fraction of sp³-hybridized carbons (Fsp3) is 0.0435. The monoisotopic (exact) mass is 654 g/mol. The molecular weight excluding hydrogens is 642 g/mol. The Labute approximate surface area is 209 Å². The Morgan fingerprint density at radius 1 is 1.13 bits per heavy atom. The Morgan fingerprint density at radius 2 is 1.77 bits per heavy atom. The summed E-state index contributed by atoms with van der Waals surface area (Å²) in [5.41, 5.74) is 1.48. The summed E-state index contributed by atoms with van der Waals surface area (Å²) in [6.07, 6.45) is 1.43. The van der Waals surface area contributed by atoms with Crippen molar-refractivity contribution < 1.29 is 13.9 Å². The molecule has 3 aromatic carbocycles. The number of rotatable bonds is 6. The molecule has 1 amide bonds. The molecule has 0 saturated heterocycles. The zero-order chi connectivity index (χ0) is 22.4. The maximum atomic E-state index is 13.8. The predicted molar refractivity (Wildman–Crippen MR) is 134 cm³/mol. The van der Waals surface area contributed by atoms with Crippen molar-refractivity contribution in [2.75, 3.05) is 5.32 Å². The quantitative estimate of drug-likeness (QED) is 0.175. The largest absolute Gasteiger partial charge is 0.487 e. The first-order chi connectivity index (χ1) is 14.9. The minimum Gasteiger partial charge on any atom is -0.487 e. The van der Waals surface area contributed by atoms with Crippen LogP contribution in [0.3, 0.4) is 0 Å². The van der Waals surface area contributed by atoms with Gasteiger partial charge in [0.1, 0.15) is 29.8 Å². The van der Waals surface area contributed by atoms with E-state index in [1.165, 1.54) is 24.3 Å². The first-order valence-corrected chi connectivity index (χ1v) is 11.6. The van der Waals surface area contributed by atoms with Crippen LogP contribution in [-0.2, 0) is 11.4 Å². The van der Waals surface area contributed by atoms with E-state index in [2.05, 4.69) is 59.8 Å². The van der Waals surface area contributed by atoms with Gasteiger partial charge in [-0.25, -0.2) is 4.39 Å². The van der Waals surface area contributed by atoms with Gasteiger partial charge >= 0.3 is 0 Å². The second-order valence-corrected chi connectivity index (χ2v) is 9.29. The summed E-state index contributed by atoms with van der Waals surface area (Å²) in [5, 5.41) is 11.8. The topological polar surface area (TPSA) is 62.1 Å². The zero-order valence-electron chi connectivity index (χ0n) is 15.8. The third-order valence-electron chi connectivity index (χ3n) is 4.12. The van der Waals surface area contributed by atoms with Crippen LogP contribution in [0.1, 0.15) is 11.1 Å². The number of carbonyl (C=O) groups is 1. The second-order valence-electron chi connectivity index (χ2n) is 6.33. The van der Waals surface area contributed by atoms with Crippen LogP contribution in [0.2, 0.25) is 0 Å². The highest BCUT2D eigenvalue weighted by Crippen LogP contribution is 2.36. The van der Waals surface area contributed by atoms with E-state index in [1.54, 1.807) is 18.2 Å². The van der Waals surface area contributed by atoms with Crippen molar-refractivity contribution in [3.8, 4) is 11.8 Å². The number of ether oxygens (including phenoxy) is 1. The van der Waals surface area contributed by atoms with Crippen LogP contribution < -0.4 is 10.1 Å². The van der Waals surface area contributed by atoms with Crippen molar-refractivity contribution in [3.05, 3.63) is 95.7 Å². The highest BCUT2D eigenvalue weighted by atomic mass is 127. The summed E-state index contributed by atoms with van der Waals surface area (Å²) in [7, 11) is 0. The van der Waals surface area contributed by atoms with Crippen LogP contribution in [-0.4, -0.2) is 5.91 Å². The average Bonchev–Trinajstić information content (AvgIpc) is 2.74. The smallest absolute Gasteiger partial charge is 0.266 e. The SMILES string of the molecule is N#C/C(=C/c1cc(Br)c(OCc2ccc(I)cc2)c(Br)c1)C(=O)Nc1ccccc1F. The molecule has 0 atom stereocenters. The van der Waals surface area contributed by atoms with Gasteiger partial charge in [0.2, 0.25) is 0 Å². The van der Waals surface area contributed by atoms with Crippen molar-refractivity contribution >= 4 is 72.1 Å². The lowest BCUT2D eigenvalue weighted by Crippen LogP contribution is -2.14. The molecule has 8 heteroatoms. The van der Waals surface area contributed by atoms with Crippen molar-refractivity contribution in [1.29, 1.82) is 5.26 Å². The molecule has 0 aromatic heterocycles. The summed E-state index contributed by atoms with van der Waals surface area (Å²) in [6, 6.07) is 19.1. The summed E-state index contributed by atoms with van der Waals surface area (Å²) in [4.78, 5) is 12.4. The molecule has 0 heterocycles. The molecule has 0 saturated carbocycles. The van der Waals surface area contributed by atoms with Crippen molar-refractivity contribution in [1.82, 2.24) is 0 Å². The van der Waals surface area contributed by atoms with Crippen molar-refractivity contribution in [2.45, 2.75) is 6.61 Å². The van der Waals surface area contributed by atoms with E-state index in [4.69, 9.17) is 4.74 Å². The number of para-hydroxylation sites is 1. The second kappa shape index (κ2) is 10.9. The molecule has 0 unspecified atom stereocenters. The normalized spacial score (nSPS) is 11.0. The first kappa shape index (κ1) is 23.4. The van der Waals surface area contributed by atoms with Gasteiger partial charge in [-0.05, 0) is 108 Å². The number of hydrogen-bond donors (Lipinski definition) is 1. The van der Waals surface area contributed by atoms with E-state index in [9.17, 15) is 14.4 Å². The minimum atomic E-state index is -0.695. The molecule has 0 fully saturated rings. The number of benzene rings is 3. The highest BCUT2D eigenvalue weighted by molar-refractivity contribution is 14.1. The average molecular weight is 656 g/mol. The summed E-state index contributed by atoms with van der Waals surface area (Å²) >= 11 is 9.20. The van der Waals surface area contributed by atoms with E-state index < -0.39 is 11.7 Å². The number of amides is 1. The van der Waals surface area contributed by atoms with Crippen LogP contribution in [0.25, 0.3) is 6.08 Å². The molecule has 31 heavy (non-hydrogen) atoms. The van der Waals surface area contributed by atoms with Crippen LogP contribution in [0, 0.1) is 20.7 Å². The third kappa shape index (κ3) is 6.38. The Kier molecular flexibility index (Phi) is 8.23. The van der Waals surface area contributed by atoms with E-state index in [0.29, 0.717) is 26.9 Å². The van der Waals surface area contributed by atoms with Gasteiger partial charge in [0.15, 0.2) is 0 Å². The van der Waals surface area contributed by atoms with E-state index >= 15 is 0 Å². The molecule has 4 nitrogen and oxygen atoms in total. The highest BCUT2D eigenvalue weighted by Gasteiger charge is 2.14. The molecule has 0 radical (unpaired) electrons. The minimum absolute atomic E-state index is 0.00959. The molecule has 0 bridgehead atoms. The van der Waals surface area contributed by atoms with Gasteiger partial charge in [-0.3, -0.25) is 4.79 Å². The predicted octanol–water partition coefficient (Wildman–Crippen LogP) is 7.08. The van der Waals surface area contributed by atoms with E-state index in [0.717, 1.165) is 9.13 Å². The Hall–Kier alpha value is -2.22. The molecule has 3 rings (SSSR count). The van der Waals surface area contributed by atoms with Gasteiger partial charge in [-0.15, -0.1) is 0 Å². The van der Waals surface area contributed by atoms with Gasteiger partial charge in [0, 0.05) is 3.57 Å². The number of nitrogens with one attached hydrogen (secondary N) is 1. The lowest BCUT2D eigenvalue weighted by Gasteiger charge is -2.12. The van der Waals surface area contributed by atoms with Gasteiger partial charge in [-0.2, -0.15) is 5.26 Å². The summed E-state index contributed by atoms with van der Waals surface area (Å²) in [5.74, 6) is -0.669. The van der Waals surface area contributed by atoms with Crippen LogP contribution in [0.5, 0.6) is 5.75 Å². The van der Waals surface area contributed by atoms with Crippen molar-refractivity contribution in [2.24, 2.45) is 0 Å². The lowest BCUT2D eigenvalue weighted by atomic mass is 10.1. The Balaban J connectivity index is 1.78. The van der Waals surface area contributed by atoms with Gasteiger partial charge < -0.3 is 10.1 Å². The molecule has 1 N–H and O–H groups in total. The molecular formula is C23H14Br2FIN2O2. The number of hydrogen-bond acceptors (Lipinski definition) is 3. The van der Waals surface area contributed by atoms with Crippen LogP contribution in [0.15, 0.2) is 75.2 Å². The maximum absolute atomic E-state index is 13.8. The van der Waals surface area contributed by atoms with Crippen LogP contribution >= 0.6 is 54.5 Å². The van der Waals surface area contributed by atoms with Gasteiger partial charge in [-0.1, -0.05) is 24.3 Å². The molecule has 0 aliphatic heterocycles. The Bertz CT molecular complexity index is 1170. The van der Waals surface area contributed by atoms with Gasteiger partial charge in [0.25, 0.3) is 5.91 Å². The number of halogens is 4. The number of nitriles is 1. The lowest BCUT2D eigenvalue weighted by molar-refractivity contribution is -0.112. The first-order valence-electron chi connectivity index (χ1n) is 8.91. The molecule has 0 aliphatic carbocycles. The third-order valence-corrected chi connectivity index (χ3v) is 6.01. The van der Waals surface area contributed by atoms with E-state index in [-0.39, 0.29) is 11.3 Å². The fourth-order valence-corrected chi connectivity index (χ4v) is 4.41. The molecule has 156 valence electrons. The summed E-state index contributed by atoms with van der Waals surface area (Å²) in [6.45, 7) is 0.387.